The van der Waals surface area contributed by atoms with E-state index in [0.717, 1.165) is 36.8 Å². The van der Waals surface area contributed by atoms with Crippen LogP contribution in [0.25, 0.3) is 0 Å². The Morgan fingerprint density at radius 1 is 1.25 bits per heavy atom. The highest BCUT2D eigenvalue weighted by molar-refractivity contribution is 5.25. The van der Waals surface area contributed by atoms with E-state index in [1.54, 1.807) is 6.33 Å². The van der Waals surface area contributed by atoms with Crippen LogP contribution in [0.2, 0.25) is 0 Å². The second kappa shape index (κ2) is 4.07. The zero-order chi connectivity index (χ0) is 11.0. The molecule has 0 aromatic carbocycles. The lowest BCUT2D eigenvalue weighted by molar-refractivity contribution is 0.192. The van der Waals surface area contributed by atoms with Crippen LogP contribution in [0.4, 0.5) is 5.95 Å². The van der Waals surface area contributed by atoms with Crippen LogP contribution < -0.4 is 5.32 Å². The summed E-state index contributed by atoms with van der Waals surface area (Å²) in [6.07, 6.45) is 7.26. The smallest absolute Gasteiger partial charge is 0.221 e. The molecule has 2 heterocycles. The van der Waals surface area contributed by atoms with Crippen LogP contribution in [-0.2, 0) is 6.54 Å². The van der Waals surface area contributed by atoms with Crippen LogP contribution in [0.5, 0.6) is 0 Å². The second-order valence-corrected chi connectivity index (χ2v) is 5.43. The molecule has 1 fully saturated rings. The number of nitrogens with zero attached hydrogens (tertiary/aromatic N) is 3. The third-order valence-electron chi connectivity index (χ3n) is 4.27. The Kier molecular flexibility index (Phi) is 2.58. The van der Waals surface area contributed by atoms with Crippen molar-refractivity contribution in [2.24, 2.45) is 17.8 Å². The summed E-state index contributed by atoms with van der Waals surface area (Å²) in [5.74, 6) is 3.53. The SMILES string of the molecule is CC1CCC(C2CNc3ncnn3C2)CC1. The van der Waals surface area contributed by atoms with Gasteiger partial charge >= 0.3 is 0 Å². The molecule has 2 aliphatic rings. The highest BCUT2D eigenvalue weighted by Crippen LogP contribution is 2.35. The van der Waals surface area contributed by atoms with E-state index in [0.29, 0.717) is 0 Å². The molecule has 1 unspecified atom stereocenters. The van der Waals surface area contributed by atoms with Crippen molar-refractivity contribution in [3.63, 3.8) is 0 Å². The highest BCUT2D eigenvalue weighted by Gasteiger charge is 2.29. The number of anilines is 1. The number of hydrogen-bond acceptors (Lipinski definition) is 3. The Morgan fingerprint density at radius 2 is 2.06 bits per heavy atom. The number of aromatic nitrogens is 3. The maximum atomic E-state index is 4.26. The summed E-state index contributed by atoms with van der Waals surface area (Å²) >= 11 is 0. The van der Waals surface area contributed by atoms with Crippen molar-refractivity contribution in [3.8, 4) is 0 Å². The van der Waals surface area contributed by atoms with E-state index in [-0.39, 0.29) is 0 Å². The van der Waals surface area contributed by atoms with Gasteiger partial charge in [0.25, 0.3) is 0 Å². The molecule has 0 bridgehead atoms. The van der Waals surface area contributed by atoms with Gasteiger partial charge in [-0.1, -0.05) is 19.8 Å². The fraction of sp³-hybridized carbons (Fsp3) is 0.833. The first-order valence-corrected chi connectivity index (χ1v) is 6.44. The van der Waals surface area contributed by atoms with Gasteiger partial charge < -0.3 is 5.32 Å². The Hall–Kier alpha value is -1.06. The fourth-order valence-corrected chi connectivity index (χ4v) is 3.12. The van der Waals surface area contributed by atoms with E-state index in [9.17, 15) is 0 Å². The first-order chi connectivity index (χ1) is 7.83. The lowest BCUT2D eigenvalue weighted by Gasteiger charge is -2.35. The highest BCUT2D eigenvalue weighted by atomic mass is 15.4. The van der Waals surface area contributed by atoms with Crippen molar-refractivity contribution in [1.82, 2.24) is 14.8 Å². The topological polar surface area (TPSA) is 42.7 Å². The van der Waals surface area contributed by atoms with Gasteiger partial charge in [-0.05, 0) is 30.6 Å². The van der Waals surface area contributed by atoms with Gasteiger partial charge in [0.05, 0.1) is 0 Å². The van der Waals surface area contributed by atoms with Crippen LogP contribution in [0, 0.1) is 17.8 Å². The van der Waals surface area contributed by atoms with Crippen molar-refractivity contribution in [3.05, 3.63) is 6.33 Å². The number of nitrogens with one attached hydrogen (secondary N) is 1. The third-order valence-corrected chi connectivity index (χ3v) is 4.27. The predicted molar refractivity (Wildman–Crippen MR) is 63.1 cm³/mol. The summed E-state index contributed by atoms with van der Waals surface area (Å²) in [5, 5.41) is 7.65. The fourth-order valence-electron chi connectivity index (χ4n) is 3.12. The van der Waals surface area contributed by atoms with Crippen LogP contribution in [0.15, 0.2) is 6.33 Å². The second-order valence-electron chi connectivity index (χ2n) is 5.43. The normalized spacial score (nSPS) is 34.2. The molecule has 1 saturated carbocycles. The molecular formula is C12H20N4. The molecule has 3 rings (SSSR count). The summed E-state index contributed by atoms with van der Waals surface area (Å²) in [5.41, 5.74) is 0. The molecule has 1 atom stereocenters. The van der Waals surface area contributed by atoms with Gasteiger partial charge in [0, 0.05) is 13.1 Å². The zero-order valence-electron chi connectivity index (χ0n) is 9.89. The Balaban J connectivity index is 1.65. The number of rotatable bonds is 1. The molecule has 0 radical (unpaired) electrons. The standard InChI is InChI=1S/C12H20N4/c1-9-2-4-10(5-3-9)11-6-13-12-14-8-15-16(12)7-11/h8-11H,2-7H2,1H3,(H,13,14,15). The summed E-state index contributed by atoms with van der Waals surface area (Å²) in [4.78, 5) is 4.19. The number of hydrogen-bond donors (Lipinski definition) is 1. The van der Waals surface area contributed by atoms with E-state index in [2.05, 4.69) is 22.3 Å². The first kappa shape index (κ1) is 10.1. The van der Waals surface area contributed by atoms with E-state index < -0.39 is 0 Å². The monoisotopic (exact) mass is 220 g/mol. The van der Waals surface area contributed by atoms with E-state index >= 15 is 0 Å². The van der Waals surface area contributed by atoms with Gasteiger partial charge in [-0.15, -0.1) is 0 Å². The van der Waals surface area contributed by atoms with Gasteiger partial charge in [0.15, 0.2) is 0 Å². The predicted octanol–water partition coefficient (Wildman–Crippen LogP) is 2.15. The van der Waals surface area contributed by atoms with Crippen molar-refractivity contribution >= 4 is 5.95 Å². The molecule has 1 aliphatic heterocycles. The molecule has 4 nitrogen and oxygen atoms in total. The van der Waals surface area contributed by atoms with Crippen molar-refractivity contribution in [2.75, 3.05) is 11.9 Å². The average Bonchev–Trinajstić information content (AvgIpc) is 2.77. The molecule has 1 N–H and O–H groups in total. The molecule has 1 aromatic rings. The van der Waals surface area contributed by atoms with Crippen molar-refractivity contribution in [2.45, 2.75) is 39.2 Å². The van der Waals surface area contributed by atoms with Gasteiger partial charge in [0.1, 0.15) is 6.33 Å². The Bertz CT molecular complexity index is 352. The first-order valence-electron chi connectivity index (χ1n) is 6.44. The number of fused-ring (bicyclic) bond motifs is 1. The minimum atomic E-state index is 0.752. The lowest BCUT2D eigenvalue weighted by atomic mass is 9.76. The lowest BCUT2D eigenvalue weighted by Crippen LogP contribution is -2.34. The van der Waals surface area contributed by atoms with Crippen LogP contribution >= 0.6 is 0 Å². The van der Waals surface area contributed by atoms with Crippen molar-refractivity contribution < 1.29 is 0 Å². The molecule has 0 saturated heterocycles. The van der Waals surface area contributed by atoms with Gasteiger partial charge in [-0.3, -0.25) is 0 Å². The zero-order valence-corrected chi connectivity index (χ0v) is 9.89. The minimum absolute atomic E-state index is 0.752. The molecule has 0 amide bonds. The molecular weight excluding hydrogens is 200 g/mol. The Morgan fingerprint density at radius 3 is 2.88 bits per heavy atom. The van der Waals surface area contributed by atoms with E-state index in [1.165, 1.54) is 25.7 Å². The minimum Gasteiger partial charge on any atom is -0.354 e. The Labute approximate surface area is 96.4 Å². The maximum Gasteiger partial charge on any atom is 0.221 e. The largest absolute Gasteiger partial charge is 0.354 e. The van der Waals surface area contributed by atoms with Crippen LogP contribution in [0.3, 0.4) is 0 Å². The molecule has 1 aliphatic carbocycles. The summed E-state index contributed by atoms with van der Waals surface area (Å²) in [7, 11) is 0. The molecule has 16 heavy (non-hydrogen) atoms. The molecule has 0 spiro atoms. The summed E-state index contributed by atoms with van der Waals surface area (Å²) in [6, 6.07) is 0. The van der Waals surface area contributed by atoms with Crippen LogP contribution in [-0.4, -0.2) is 21.3 Å². The van der Waals surface area contributed by atoms with E-state index in [4.69, 9.17) is 0 Å². The quantitative estimate of drug-likeness (QED) is 0.788. The molecule has 88 valence electrons. The van der Waals surface area contributed by atoms with Crippen LogP contribution in [0.1, 0.15) is 32.6 Å². The van der Waals surface area contributed by atoms with E-state index in [1.807, 2.05) is 4.68 Å². The molecule has 1 aromatic heterocycles. The maximum absolute atomic E-state index is 4.26. The van der Waals surface area contributed by atoms with Gasteiger partial charge in [-0.25, -0.2) is 4.68 Å². The third kappa shape index (κ3) is 1.81. The van der Waals surface area contributed by atoms with Gasteiger partial charge in [-0.2, -0.15) is 10.1 Å². The van der Waals surface area contributed by atoms with Gasteiger partial charge in [0.2, 0.25) is 5.95 Å². The molecule has 4 heteroatoms. The van der Waals surface area contributed by atoms with Crippen molar-refractivity contribution in [1.29, 1.82) is 0 Å². The summed E-state index contributed by atoms with van der Waals surface area (Å²) in [6.45, 7) is 4.52. The average molecular weight is 220 g/mol. The summed E-state index contributed by atoms with van der Waals surface area (Å²) < 4.78 is 2.02.